The maximum atomic E-state index is 5.42. The molecule has 168 valence electrons. The van der Waals surface area contributed by atoms with E-state index >= 15 is 0 Å². The van der Waals surface area contributed by atoms with E-state index in [1.54, 1.807) is 28.4 Å². The van der Waals surface area contributed by atoms with Crippen molar-refractivity contribution in [3.63, 3.8) is 0 Å². The van der Waals surface area contributed by atoms with Gasteiger partial charge in [0.05, 0.1) is 21.3 Å². The van der Waals surface area contributed by atoms with E-state index in [1.807, 2.05) is 12.1 Å². The molecule has 0 bridgehead atoms. The average molecular weight is 538 g/mol. The van der Waals surface area contributed by atoms with E-state index in [0.29, 0.717) is 30.3 Å². The first-order valence-corrected chi connectivity index (χ1v) is 9.90. The van der Waals surface area contributed by atoms with Gasteiger partial charge >= 0.3 is 0 Å². The largest absolute Gasteiger partial charge is 0.493 e. The molecule has 2 aromatic carbocycles. The summed E-state index contributed by atoms with van der Waals surface area (Å²) in [4.78, 5) is 6.66. The summed E-state index contributed by atoms with van der Waals surface area (Å²) in [5.41, 5.74) is 3.44. The van der Waals surface area contributed by atoms with Crippen molar-refractivity contribution in [1.82, 2.24) is 10.6 Å². The number of nitrogens with zero attached hydrogens (tertiary/aromatic N) is 2. The molecule has 0 fully saturated rings. The molecule has 0 saturated carbocycles. The van der Waals surface area contributed by atoms with Crippen LogP contribution in [0.15, 0.2) is 53.5 Å². The summed E-state index contributed by atoms with van der Waals surface area (Å²) in [6.07, 6.45) is 4.39. The third-order valence-corrected chi connectivity index (χ3v) is 4.96. The zero-order valence-corrected chi connectivity index (χ0v) is 20.8. The standard InChI is InChI=1S/C23H30N4O3.HI/c1-24-23(25-15-17-8-7-9-19(12-17)27-10-5-6-11-27)26-16-18-13-20(28-2)22(30-4)21(14-18)29-3;/h5-9,12-14H,10-11,15-16H2,1-4H3,(H2,24,25,26);1H. The van der Waals surface area contributed by atoms with E-state index in [9.17, 15) is 0 Å². The van der Waals surface area contributed by atoms with Gasteiger partial charge < -0.3 is 29.7 Å². The zero-order chi connectivity index (χ0) is 21.3. The van der Waals surface area contributed by atoms with Crippen LogP contribution in [0, 0.1) is 0 Å². The first-order valence-electron chi connectivity index (χ1n) is 9.90. The highest BCUT2D eigenvalue weighted by atomic mass is 127. The molecule has 2 N–H and O–H groups in total. The number of benzene rings is 2. The minimum absolute atomic E-state index is 0. The van der Waals surface area contributed by atoms with Crippen LogP contribution in [0.4, 0.5) is 5.69 Å². The highest BCUT2D eigenvalue weighted by molar-refractivity contribution is 14.0. The van der Waals surface area contributed by atoms with Crippen LogP contribution < -0.4 is 29.7 Å². The second kappa shape index (κ2) is 12.3. The highest BCUT2D eigenvalue weighted by Gasteiger charge is 2.13. The fraction of sp³-hybridized carbons (Fsp3) is 0.348. The molecule has 0 aliphatic carbocycles. The van der Waals surface area contributed by atoms with E-state index in [-0.39, 0.29) is 24.0 Å². The van der Waals surface area contributed by atoms with Crippen LogP contribution in [0.1, 0.15) is 11.1 Å². The predicted octanol–water partition coefficient (Wildman–Crippen LogP) is 3.57. The number of hydrogen-bond acceptors (Lipinski definition) is 5. The van der Waals surface area contributed by atoms with Crippen molar-refractivity contribution in [2.45, 2.75) is 13.1 Å². The second-order valence-electron chi connectivity index (χ2n) is 6.86. The topological polar surface area (TPSA) is 67.4 Å². The van der Waals surface area contributed by atoms with Crippen LogP contribution in [-0.4, -0.2) is 47.4 Å². The summed E-state index contributed by atoms with van der Waals surface area (Å²) in [5, 5.41) is 6.70. The van der Waals surface area contributed by atoms with Gasteiger partial charge in [-0.3, -0.25) is 4.99 Å². The molecule has 7 nitrogen and oxygen atoms in total. The van der Waals surface area contributed by atoms with E-state index in [0.717, 1.165) is 24.6 Å². The molecule has 1 heterocycles. The van der Waals surface area contributed by atoms with Crippen molar-refractivity contribution >= 4 is 35.6 Å². The summed E-state index contributed by atoms with van der Waals surface area (Å²) in [6.45, 7) is 3.18. The number of hydrogen-bond donors (Lipinski definition) is 2. The summed E-state index contributed by atoms with van der Waals surface area (Å²) < 4.78 is 16.2. The van der Waals surface area contributed by atoms with Crippen molar-refractivity contribution < 1.29 is 14.2 Å². The first-order chi connectivity index (χ1) is 14.7. The Labute approximate surface area is 201 Å². The number of rotatable bonds is 8. The molecule has 31 heavy (non-hydrogen) atoms. The molecule has 0 amide bonds. The normalized spacial score (nSPS) is 12.9. The summed E-state index contributed by atoms with van der Waals surface area (Å²) in [6, 6.07) is 12.4. The van der Waals surface area contributed by atoms with Gasteiger partial charge in [-0.15, -0.1) is 24.0 Å². The predicted molar refractivity (Wildman–Crippen MR) is 136 cm³/mol. The van der Waals surface area contributed by atoms with E-state index in [2.05, 4.69) is 56.9 Å². The fourth-order valence-corrected chi connectivity index (χ4v) is 3.38. The Hall–Kier alpha value is -2.62. The van der Waals surface area contributed by atoms with E-state index in [4.69, 9.17) is 14.2 Å². The lowest BCUT2D eigenvalue weighted by Gasteiger charge is -2.19. The Morgan fingerprint density at radius 2 is 1.52 bits per heavy atom. The molecule has 8 heteroatoms. The number of ether oxygens (including phenoxy) is 3. The Bertz CT molecular complexity index is 884. The number of methoxy groups -OCH3 is 3. The maximum absolute atomic E-state index is 5.42. The van der Waals surface area contributed by atoms with Crippen LogP contribution in [0.25, 0.3) is 0 Å². The molecule has 0 aromatic heterocycles. The molecule has 0 atom stereocenters. The van der Waals surface area contributed by atoms with Crippen molar-refractivity contribution in [3.05, 3.63) is 59.7 Å². The van der Waals surface area contributed by atoms with Crippen molar-refractivity contribution in [1.29, 1.82) is 0 Å². The molecule has 1 aliphatic rings. The zero-order valence-electron chi connectivity index (χ0n) is 18.5. The fourth-order valence-electron chi connectivity index (χ4n) is 3.38. The van der Waals surface area contributed by atoms with Crippen LogP contribution in [0.5, 0.6) is 17.2 Å². The van der Waals surface area contributed by atoms with Crippen LogP contribution in [-0.2, 0) is 13.1 Å². The van der Waals surface area contributed by atoms with Gasteiger partial charge in [-0.05, 0) is 35.4 Å². The molecule has 2 aromatic rings. The molecule has 0 radical (unpaired) electrons. The van der Waals surface area contributed by atoms with Crippen molar-refractivity contribution in [2.24, 2.45) is 4.99 Å². The molecule has 1 aliphatic heterocycles. The Morgan fingerprint density at radius 3 is 2.06 bits per heavy atom. The maximum Gasteiger partial charge on any atom is 0.203 e. The number of aliphatic imine (C=N–C) groups is 1. The smallest absolute Gasteiger partial charge is 0.203 e. The number of halogens is 1. The molecular formula is C23H31IN4O3. The highest BCUT2D eigenvalue weighted by Crippen LogP contribution is 2.38. The van der Waals surface area contributed by atoms with E-state index < -0.39 is 0 Å². The molecule has 3 rings (SSSR count). The minimum atomic E-state index is 0. The van der Waals surface area contributed by atoms with Gasteiger partial charge in [0.15, 0.2) is 17.5 Å². The SMILES string of the molecule is CN=C(NCc1cccc(N2CC=CC2)c1)NCc1cc(OC)c(OC)c(OC)c1.I. The van der Waals surface area contributed by atoms with Crippen LogP contribution in [0.3, 0.4) is 0 Å². The number of anilines is 1. The van der Waals surface area contributed by atoms with Crippen LogP contribution in [0.2, 0.25) is 0 Å². The Morgan fingerprint density at radius 1 is 0.903 bits per heavy atom. The quantitative estimate of drug-likeness (QED) is 0.232. The molecular weight excluding hydrogens is 507 g/mol. The van der Waals surface area contributed by atoms with Gasteiger partial charge in [0, 0.05) is 38.9 Å². The summed E-state index contributed by atoms with van der Waals surface area (Å²) in [7, 11) is 6.58. The average Bonchev–Trinajstić information content (AvgIpc) is 3.33. The lowest BCUT2D eigenvalue weighted by atomic mass is 10.1. The number of nitrogens with one attached hydrogen (secondary N) is 2. The molecule has 0 spiro atoms. The van der Waals surface area contributed by atoms with Gasteiger partial charge in [-0.25, -0.2) is 0 Å². The van der Waals surface area contributed by atoms with Gasteiger partial charge in [0.2, 0.25) is 5.75 Å². The minimum Gasteiger partial charge on any atom is -0.493 e. The monoisotopic (exact) mass is 538 g/mol. The third kappa shape index (κ3) is 6.43. The number of guanidine groups is 1. The third-order valence-electron chi connectivity index (χ3n) is 4.96. The summed E-state index contributed by atoms with van der Waals surface area (Å²) in [5.74, 6) is 2.56. The van der Waals surface area contributed by atoms with Gasteiger partial charge in [0.1, 0.15) is 0 Å². The van der Waals surface area contributed by atoms with Crippen molar-refractivity contribution in [3.8, 4) is 17.2 Å². The Balaban J connectivity index is 0.00000341. The second-order valence-corrected chi connectivity index (χ2v) is 6.86. The van der Waals surface area contributed by atoms with Gasteiger partial charge in [-0.1, -0.05) is 24.3 Å². The lowest BCUT2D eigenvalue weighted by molar-refractivity contribution is 0.323. The van der Waals surface area contributed by atoms with E-state index in [1.165, 1.54) is 11.3 Å². The Kier molecular flexibility index (Phi) is 9.77. The first kappa shape index (κ1) is 24.6. The molecule has 0 saturated heterocycles. The lowest BCUT2D eigenvalue weighted by Crippen LogP contribution is -2.36. The van der Waals surface area contributed by atoms with Gasteiger partial charge in [0.25, 0.3) is 0 Å². The van der Waals surface area contributed by atoms with Crippen LogP contribution >= 0.6 is 24.0 Å². The van der Waals surface area contributed by atoms with Crippen molar-refractivity contribution in [2.75, 3.05) is 46.4 Å². The van der Waals surface area contributed by atoms with Gasteiger partial charge in [-0.2, -0.15) is 0 Å². The molecule has 0 unspecified atom stereocenters. The summed E-state index contributed by atoms with van der Waals surface area (Å²) >= 11 is 0.